The zero-order valence-electron chi connectivity index (χ0n) is 14.2. The fourth-order valence-electron chi connectivity index (χ4n) is 4.04. The predicted octanol–water partition coefficient (Wildman–Crippen LogP) is 4.62. The number of nitrogens with zero attached hydrogens (tertiary/aromatic N) is 2. The molecule has 1 atom stereocenters. The van der Waals surface area contributed by atoms with Crippen molar-refractivity contribution < 1.29 is 4.92 Å². The average molecular weight is 411 g/mol. The SMILES string of the molecule is Cl.Cl.O=[N+]([O-])c1cc([C@@H](C2CCCCC2)N2CCNCC2)ccc1Cl. The number of rotatable bonds is 4. The number of halogens is 3. The molecule has 1 aromatic carbocycles. The Morgan fingerprint density at radius 3 is 2.40 bits per heavy atom. The second-order valence-electron chi connectivity index (χ2n) is 6.60. The van der Waals surface area contributed by atoms with E-state index >= 15 is 0 Å². The third kappa shape index (κ3) is 5.44. The molecular formula is C17H26Cl3N3O2. The van der Waals surface area contributed by atoms with Crippen LogP contribution in [0.25, 0.3) is 0 Å². The van der Waals surface area contributed by atoms with Crippen molar-refractivity contribution in [2.75, 3.05) is 26.2 Å². The van der Waals surface area contributed by atoms with Crippen molar-refractivity contribution in [1.82, 2.24) is 10.2 Å². The molecule has 5 nitrogen and oxygen atoms in total. The average Bonchev–Trinajstić information content (AvgIpc) is 2.58. The molecule has 0 aromatic heterocycles. The minimum Gasteiger partial charge on any atom is -0.314 e. The minimum atomic E-state index is -0.373. The van der Waals surface area contributed by atoms with Crippen molar-refractivity contribution in [2.24, 2.45) is 5.92 Å². The summed E-state index contributed by atoms with van der Waals surface area (Å²) in [6, 6.07) is 5.64. The molecule has 3 rings (SSSR count). The summed E-state index contributed by atoms with van der Waals surface area (Å²) in [7, 11) is 0. The summed E-state index contributed by atoms with van der Waals surface area (Å²) in [5.74, 6) is 0.586. The minimum absolute atomic E-state index is 0. The number of nitro groups is 1. The Labute approximate surface area is 166 Å². The summed E-state index contributed by atoms with van der Waals surface area (Å²) >= 11 is 6.00. The van der Waals surface area contributed by atoms with Crippen LogP contribution in [0.1, 0.15) is 43.7 Å². The van der Waals surface area contributed by atoms with Gasteiger partial charge in [-0.25, -0.2) is 0 Å². The number of benzene rings is 1. The van der Waals surface area contributed by atoms with Gasteiger partial charge >= 0.3 is 0 Å². The van der Waals surface area contributed by atoms with Crippen LogP contribution in [0.5, 0.6) is 0 Å². The van der Waals surface area contributed by atoms with E-state index < -0.39 is 0 Å². The summed E-state index contributed by atoms with van der Waals surface area (Å²) in [5.41, 5.74) is 1.08. The van der Waals surface area contributed by atoms with E-state index in [0.29, 0.717) is 5.92 Å². The molecule has 0 bridgehead atoms. The number of hydrogen-bond acceptors (Lipinski definition) is 4. The molecule has 1 heterocycles. The number of hydrogen-bond donors (Lipinski definition) is 1. The molecule has 1 aliphatic heterocycles. The Hall–Kier alpha value is -0.590. The van der Waals surface area contributed by atoms with Gasteiger partial charge in [-0.1, -0.05) is 36.9 Å². The lowest BCUT2D eigenvalue weighted by Gasteiger charge is -2.41. The fraction of sp³-hybridized carbons (Fsp3) is 0.647. The van der Waals surface area contributed by atoms with E-state index in [1.807, 2.05) is 6.07 Å². The highest BCUT2D eigenvalue weighted by atomic mass is 35.5. The first-order valence-electron chi connectivity index (χ1n) is 8.55. The van der Waals surface area contributed by atoms with E-state index in [1.54, 1.807) is 12.1 Å². The monoisotopic (exact) mass is 409 g/mol. The van der Waals surface area contributed by atoms with Crippen molar-refractivity contribution in [3.8, 4) is 0 Å². The number of piperazine rings is 1. The molecule has 0 amide bonds. The maximum absolute atomic E-state index is 11.2. The zero-order valence-corrected chi connectivity index (χ0v) is 16.5. The van der Waals surface area contributed by atoms with Gasteiger partial charge in [0.05, 0.1) is 4.92 Å². The molecule has 2 aliphatic rings. The third-order valence-corrected chi connectivity index (χ3v) is 5.47. The van der Waals surface area contributed by atoms with Crippen LogP contribution >= 0.6 is 36.4 Å². The highest BCUT2D eigenvalue weighted by Gasteiger charge is 2.32. The Balaban J connectivity index is 0.00000156. The summed E-state index contributed by atoms with van der Waals surface area (Å²) in [5, 5.41) is 14.9. The molecule has 2 fully saturated rings. The molecule has 142 valence electrons. The van der Waals surface area contributed by atoms with Gasteiger partial charge in [0, 0.05) is 38.3 Å². The second-order valence-corrected chi connectivity index (χ2v) is 7.00. The Morgan fingerprint density at radius 2 is 1.80 bits per heavy atom. The van der Waals surface area contributed by atoms with Crippen molar-refractivity contribution in [1.29, 1.82) is 0 Å². The molecule has 1 saturated heterocycles. The molecule has 0 spiro atoms. The van der Waals surface area contributed by atoms with Crippen molar-refractivity contribution in [3.63, 3.8) is 0 Å². The molecule has 1 saturated carbocycles. The van der Waals surface area contributed by atoms with Crippen LogP contribution < -0.4 is 5.32 Å². The van der Waals surface area contributed by atoms with E-state index in [0.717, 1.165) is 31.7 Å². The largest absolute Gasteiger partial charge is 0.314 e. The number of nitro benzene ring substituents is 1. The van der Waals surface area contributed by atoms with Gasteiger partial charge in [-0.3, -0.25) is 15.0 Å². The molecule has 1 aromatic rings. The van der Waals surface area contributed by atoms with Gasteiger partial charge in [0.25, 0.3) is 5.69 Å². The van der Waals surface area contributed by atoms with Crippen LogP contribution in [0, 0.1) is 16.0 Å². The zero-order chi connectivity index (χ0) is 16.2. The third-order valence-electron chi connectivity index (χ3n) is 5.15. The predicted molar refractivity (Wildman–Crippen MR) is 106 cm³/mol. The van der Waals surface area contributed by atoms with Crippen molar-refractivity contribution >= 4 is 42.1 Å². The highest BCUT2D eigenvalue weighted by Crippen LogP contribution is 2.40. The number of nitrogens with one attached hydrogen (secondary N) is 1. The van der Waals surface area contributed by atoms with Crippen LogP contribution in [-0.2, 0) is 0 Å². The van der Waals surface area contributed by atoms with E-state index in [-0.39, 0.29) is 46.5 Å². The van der Waals surface area contributed by atoms with Gasteiger partial charge in [-0.15, -0.1) is 24.8 Å². The van der Waals surface area contributed by atoms with E-state index in [4.69, 9.17) is 11.6 Å². The van der Waals surface area contributed by atoms with Crippen LogP contribution in [0.2, 0.25) is 5.02 Å². The standard InChI is InChI=1S/C17H24ClN3O2.2ClH/c18-15-7-6-14(12-16(15)21(22)23)17(13-4-2-1-3-5-13)20-10-8-19-9-11-20;;/h6-7,12-13,17,19H,1-5,8-11H2;2*1H/t17-;;/m1../s1. The first kappa shape index (κ1) is 22.5. The van der Waals surface area contributed by atoms with Crippen LogP contribution in [0.15, 0.2) is 18.2 Å². The molecule has 8 heteroatoms. The van der Waals surface area contributed by atoms with E-state index in [1.165, 1.54) is 32.1 Å². The maximum Gasteiger partial charge on any atom is 0.288 e. The quantitative estimate of drug-likeness (QED) is 0.581. The molecule has 0 unspecified atom stereocenters. The lowest BCUT2D eigenvalue weighted by molar-refractivity contribution is -0.384. The highest BCUT2D eigenvalue weighted by molar-refractivity contribution is 6.32. The first-order chi connectivity index (χ1) is 11.2. The lowest BCUT2D eigenvalue weighted by Crippen LogP contribution is -2.47. The lowest BCUT2D eigenvalue weighted by atomic mass is 9.80. The van der Waals surface area contributed by atoms with Gasteiger partial charge in [0.15, 0.2) is 0 Å². The maximum atomic E-state index is 11.2. The van der Waals surface area contributed by atoms with Crippen LogP contribution in [0.3, 0.4) is 0 Å². The van der Waals surface area contributed by atoms with Crippen molar-refractivity contribution in [2.45, 2.75) is 38.1 Å². The van der Waals surface area contributed by atoms with Gasteiger partial charge in [-0.2, -0.15) is 0 Å². The van der Waals surface area contributed by atoms with Crippen LogP contribution in [0.4, 0.5) is 5.69 Å². The Morgan fingerprint density at radius 1 is 1.16 bits per heavy atom. The normalized spacial score (nSPS) is 20.2. The molecule has 0 radical (unpaired) electrons. The summed E-state index contributed by atoms with van der Waals surface area (Å²) < 4.78 is 0. The topological polar surface area (TPSA) is 58.4 Å². The molecule has 1 N–H and O–H groups in total. The summed E-state index contributed by atoms with van der Waals surface area (Å²) in [6.07, 6.45) is 6.27. The first-order valence-corrected chi connectivity index (χ1v) is 8.93. The Bertz CT molecular complexity index is 544. The van der Waals surface area contributed by atoms with Gasteiger partial charge < -0.3 is 5.32 Å². The van der Waals surface area contributed by atoms with E-state index in [9.17, 15) is 10.1 Å². The smallest absolute Gasteiger partial charge is 0.288 e. The summed E-state index contributed by atoms with van der Waals surface area (Å²) in [6.45, 7) is 3.97. The second kappa shape index (κ2) is 10.5. The van der Waals surface area contributed by atoms with Gasteiger partial charge in [-0.05, 0) is 30.4 Å². The molecule has 1 aliphatic carbocycles. The van der Waals surface area contributed by atoms with Crippen molar-refractivity contribution in [3.05, 3.63) is 38.9 Å². The molecule has 25 heavy (non-hydrogen) atoms. The van der Waals surface area contributed by atoms with E-state index in [2.05, 4.69) is 10.2 Å². The van der Waals surface area contributed by atoms with Crippen LogP contribution in [-0.4, -0.2) is 36.0 Å². The fourth-order valence-corrected chi connectivity index (χ4v) is 4.23. The summed E-state index contributed by atoms with van der Waals surface area (Å²) in [4.78, 5) is 13.4. The van der Waals surface area contributed by atoms with Gasteiger partial charge in [0.1, 0.15) is 5.02 Å². The Kier molecular flexibility index (Phi) is 9.46. The van der Waals surface area contributed by atoms with Gasteiger partial charge in [0.2, 0.25) is 0 Å². The molecular weight excluding hydrogens is 385 g/mol.